The Morgan fingerprint density at radius 3 is 2.31 bits per heavy atom. The van der Waals surface area contributed by atoms with E-state index < -0.39 is 0 Å². The van der Waals surface area contributed by atoms with Crippen molar-refractivity contribution in [3.8, 4) is 0 Å². The molecule has 1 saturated heterocycles. The van der Waals surface area contributed by atoms with Crippen LogP contribution in [0.2, 0.25) is 0 Å². The molecule has 2 bridgehead atoms. The third kappa shape index (κ3) is 0.428. The first-order valence-corrected chi connectivity index (χ1v) is 7.12. The van der Waals surface area contributed by atoms with Crippen LogP contribution in [0.1, 0.15) is 0 Å². The van der Waals surface area contributed by atoms with Gasteiger partial charge in [-0.2, -0.15) is 0 Å². The summed E-state index contributed by atoms with van der Waals surface area (Å²) in [6.07, 6.45) is 0. The predicted octanol–water partition coefficient (Wildman–Crippen LogP) is 0.607. The van der Waals surface area contributed by atoms with E-state index in [4.69, 9.17) is 9.47 Å². The predicted molar refractivity (Wildman–Crippen MR) is 56.8 cm³/mol. The Morgan fingerprint density at radius 2 is 1.88 bits per heavy atom. The molecule has 7 aliphatic rings. The highest BCUT2D eigenvalue weighted by Crippen LogP contribution is 3.04. The number of rotatable bonds is 1. The third-order valence-corrected chi connectivity index (χ3v) is 8.42. The maximum Gasteiger partial charge on any atom is 0.187 e. The van der Waals surface area contributed by atoms with Gasteiger partial charge >= 0.3 is 0 Å². The fourth-order valence-electron chi connectivity index (χ4n) is 6.92. The number of aliphatic hydroxyl groups is 1. The number of ether oxygens (including phenoxy) is 2. The first-order valence-electron chi connectivity index (χ1n) is 6.33. The molecule has 0 radical (unpaired) electrons. The van der Waals surface area contributed by atoms with Crippen molar-refractivity contribution in [3.05, 3.63) is 0 Å². The lowest BCUT2D eigenvalue weighted by molar-refractivity contribution is -0.193. The summed E-state index contributed by atoms with van der Waals surface area (Å²) >= 11 is 4.02. The number of halogens is 1. The summed E-state index contributed by atoms with van der Waals surface area (Å²) in [4.78, 5) is 0. The average Bonchev–Trinajstić information content (AvgIpc) is 2.97. The molecule has 86 valence electrons. The number of hydrogen-bond donors (Lipinski definition) is 1. The molecular weight excluding hydrogens is 272 g/mol. The topological polar surface area (TPSA) is 38.7 Å². The molecule has 6 saturated carbocycles. The minimum Gasteiger partial charge on any atom is -0.396 e. The Kier molecular flexibility index (Phi) is 0.979. The van der Waals surface area contributed by atoms with Gasteiger partial charge in [-0.1, -0.05) is 15.9 Å². The van der Waals surface area contributed by atoms with E-state index in [0.29, 0.717) is 24.4 Å². The fourth-order valence-corrected chi connectivity index (χ4v) is 8.71. The van der Waals surface area contributed by atoms with Gasteiger partial charge < -0.3 is 14.6 Å². The fraction of sp³-hybridized carbons (Fsp3) is 1.00. The molecule has 4 heteroatoms. The van der Waals surface area contributed by atoms with Crippen LogP contribution in [0.4, 0.5) is 0 Å². The van der Waals surface area contributed by atoms with Crippen molar-refractivity contribution in [2.24, 2.45) is 40.9 Å². The average molecular weight is 285 g/mol. The van der Waals surface area contributed by atoms with Gasteiger partial charge in [-0.15, -0.1) is 0 Å². The van der Waals surface area contributed by atoms with E-state index in [-0.39, 0.29) is 15.5 Å². The van der Waals surface area contributed by atoms with E-state index in [0.717, 1.165) is 31.0 Å². The lowest BCUT2D eigenvalue weighted by atomic mass is 9.94. The minimum absolute atomic E-state index is 0.0594. The van der Waals surface area contributed by atoms with Crippen molar-refractivity contribution in [2.75, 3.05) is 19.8 Å². The monoisotopic (exact) mass is 284 g/mol. The molecule has 1 aliphatic heterocycles. The Balaban J connectivity index is 1.63. The van der Waals surface area contributed by atoms with Crippen molar-refractivity contribution >= 4 is 15.9 Å². The summed E-state index contributed by atoms with van der Waals surface area (Å²) in [6.45, 7) is 1.89. The Bertz CT molecular complexity index is 448. The Hall–Kier alpha value is 0.360. The summed E-state index contributed by atoms with van der Waals surface area (Å²) in [5.74, 6) is 3.92. The van der Waals surface area contributed by atoms with Crippen LogP contribution in [0.25, 0.3) is 0 Å². The molecule has 7 fully saturated rings. The molecule has 0 unspecified atom stereocenters. The van der Waals surface area contributed by atoms with Gasteiger partial charge in [0.25, 0.3) is 0 Å². The molecule has 0 amide bonds. The standard InChI is InChI=1S/C12H13BrO3/c13-11-6-4-5(6)10(3-14)8(9(10)11)7(4)12(11)15-1-2-16-12/h4-9,14H,1-3H2/t4-,5+,6+,7-,8+,9+,10-,11-/m0/s1. The molecule has 8 atom stereocenters. The SMILES string of the molecule is OC[C@]12[C@@H]3[C@@H]4[C@H]5[C@@H]1[C@H]2[C@@](Br)([C@H]43)C51OCCO1. The van der Waals surface area contributed by atoms with Crippen LogP contribution in [0.5, 0.6) is 0 Å². The normalized spacial score (nSPS) is 77.6. The minimum atomic E-state index is -0.302. The van der Waals surface area contributed by atoms with Gasteiger partial charge in [0.2, 0.25) is 0 Å². The quantitative estimate of drug-likeness (QED) is 0.717. The summed E-state index contributed by atoms with van der Waals surface area (Å²) < 4.78 is 12.1. The van der Waals surface area contributed by atoms with Crippen molar-refractivity contribution < 1.29 is 14.6 Å². The van der Waals surface area contributed by atoms with Crippen molar-refractivity contribution in [2.45, 2.75) is 10.1 Å². The van der Waals surface area contributed by atoms with Crippen molar-refractivity contribution in [3.63, 3.8) is 0 Å². The Morgan fingerprint density at radius 1 is 1.12 bits per heavy atom. The summed E-state index contributed by atoms with van der Waals surface area (Å²) in [7, 11) is 0. The van der Waals surface area contributed by atoms with E-state index in [1.807, 2.05) is 0 Å². The molecule has 0 aromatic carbocycles. The third-order valence-electron chi connectivity index (χ3n) is 6.85. The first-order chi connectivity index (χ1) is 7.75. The highest BCUT2D eigenvalue weighted by molar-refractivity contribution is 9.10. The molecule has 1 N–H and O–H groups in total. The molecule has 7 rings (SSSR count). The molecule has 6 aliphatic carbocycles. The molecule has 16 heavy (non-hydrogen) atoms. The summed E-state index contributed by atoms with van der Waals surface area (Å²) in [5, 5.41) is 9.74. The summed E-state index contributed by atoms with van der Waals surface area (Å²) in [5.41, 5.74) is 0.282. The van der Waals surface area contributed by atoms with Gasteiger partial charge in [-0.25, -0.2) is 0 Å². The molecule has 0 aromatic heterocycles. The van der Waals surface area contributed by atoms with Gasteiger partial charge in [-0.05, 0) is 29.6 Å². The van der Waals surface area contributed by atoms with Crippen LogP contribution >= 0.6 is 15.9 Å². The first kappa shape index (κ1) is 8.46. The second kappa shape index (κ2) is 1.85. The van der Waals surface area contributed by atoms with Gasteiger partial charge in [0, 0.05) is 17.9 Å². The second-order valence-electron chi connectivity index (χ2n) is 6.56. The molecule has 0 aromatic rings. The van der Waals surface area contributed by atoms with E-state index >= 15 is 0 Å². The van der Waals surface area contributed by atoms with Crippen molar-refractivity contribution in [1.82, 2.24) is 0 Å². The van der Waals surface area contributed by atoms with E-state index in [1.165, 1.54) is 0 Å². The van der Waals surface area contributed by atoms with Crippen LogP contribution in [-0.2, 0) is 9.47 Å². The molecule has 1 spiro atoms. The van der Waals surface area contributed by atoms with Crippen LogP contribution in [0.3, 0.4) is 0 Å². The van der Waals surface area contributed by atoms with Gasteiger partial charge in [0.1, 0.15) is 0 Å². The van der Waals surface area contributed by atoms with Gasteiger partial charge in [0.05, 0.1) is 17.5 Å². The van der Waals surface area contributed by atoms with Crippen LogP contribution in [0.15, 0.2) is 0 Å². The zero-order valence-corrected chi connectivity index (χ0v) is 10.3. The second-order valence-corrected chi connectivity index (χ2v) is 7.87. The van der Waals surface area contributed by atoms with E-state index in [2.05, 4.69) is 15.9 Å². The number of aliphatic hydroxyl groups excluding tert-OH is 1. The van der Waals surface area contributed by atoms with E-state index in [1.54, 1.807) is 0 Å². The number of alkyl halides is 1. The van der Waals surface area contributed by atoms with Gasteiger partial charge in [-0.3, -0.25) is 0 Å². The van der Waals surface area contributed by atoms with Crippen molar-refractivity contribution in [1.29, 1.82) is 0 Å². The lowest BCUT2D eigenvalue weighted by Crippen LogP contribution is -2.50. The van der Waals surface area contributed by atoms with E-state index in [9.17, 15) is 5.11 Å². The zero-order valence-electron chi connectivity index (χ0n) is 8.73. The van der Waals surface area contributed by atoms with Crippen LogP contribution in [-0.4, -0.2) is 35.0 Å². The highest BCUT2D eigenvalue weighted by atomic mass is 79.9. The maximum absolute atomic E-state index is 9.74. The molecular formula is C12H13BrO3. The van der Waals surface area contributed by atoms with Gasteiger partial charge in [0.15, 0.2) is 5.79 Å². The zero-order chi connectivity index (χ0) is 10.5. The van der Waals surface area contributed by atoms with Crippen LogP contribution < -0.4 is 0 Å². The Labute approximate surface area is 102 Å². The molecule has 1 heterocycles. The maximum atomic E-state index is 9.74. The molecule has 3 nitrogen and oxygen atoms in total. The lowest BCUT2D eigenvalue weighted by Gasteiger charge is -2.37. The summed E-state index contributed by atoms with van der Waals surface area (Å²) in [6, 6.07) is 0. The number of hydrogen-bond acceptors (Lipinski definition) is 3. The van der Waals surface area contributed by atoms with Crippen LogP contribution in [0, 0.1) is 40.9 Å². The largest absolute Gasteiger partial charge is 0.396 e. The smallest absolute Gasteiger partial charge is 0.187 e. The highest BCUT2D eigenvalue weighted by Gasteiger charge is 3.08.